The molecule has 1 aromatic rings. The van der Waals surface area contributed by atoms with Crippen LogP contribution < -0.4 is 10.0 Å². The molecule has 0 aromatic heterocycles. The number of amides is 2. The van der Waals surface area contributed by atoms with E-state index < -0.39 is 15.3 Å². The van der Waals surface area contributed by atoms with Gasteiger partial charge >= 0.3 is 0 Å². The molecule has 1 unspecified atom stereocenters. The molecule has 1 atom stereocenters. The summed E-state index contributed by atoms with van der Waals surface area (Å²) < 4.78 is 28.2. The third-order valence-electron chi connectivity index (χ3n) is 5.57. The van der Waals surface area contributed by atoms with Gasteiger partial charge in [0.15, 0.2) is 5.25 Å². The molecule has 4 rings (SSSR count). The number of carbonyl (C=O) groups excluding carboxylic acids is 2. The van der Waals surface area contributed by atoms with Gasteiger partial charge < -0.3 is 10.2 Å². The lowest BCUT2D eigenvalue weighted by Gasteiger charge is -2.27. The number of hydrogen-bond donors (Lipinski definition) is 2. The van der Waals surface area contributed by atoms with Crippen LogP contribution >= 0.6 is 11.8 Å². The van der Waals surface area contributed by atoms with Crippen LogP contribution in [0.1, 0.15) is 44.9 Å². The SMILES string of the molecule is O=C1Nc2cc(S(=O)(=O)NC3CCCCC3)ccc2SC1C(=O)N1CCCC1. The Morgan fingerprint density at radius 3 is 2.54 bits per heavy atom. The molecule has 0 radical (unpaired) electrons. The molecular formula is C19H25N3O4S2. The van der Waals surface area contributed by atoms with Crippen LogP contribution in [-0.2, 0) is 19.6 Å². The number of sulfonamides is 1. The van der Waals surface area contributed by atoms with Crippen molar-refractivity contribution >= 4 is 39.3 Å². The van der Waals surface area contributed by atoms with Crippen LogP contribution in [0.4, 0.5) is 5.69 Å². The van der Waals surface area contributed by atoms with E-state index in [0.29, 0.717) is 23.7 Å². The van der Waals surface area contributed by atoms with Crippen LogP contribution in [0.5, 0.6) is 0 Å². The van der Waals surface area contributed by atoms with Gasteiger partial charge in [-0.1, -0.05) is 19.3 Å². The highest BCUT2D eigenvalue weighted by molar-refractivity contribution is 8.01. The van der Waals surface area contributed by atoms with E-state index in [1.54, 1.807) is 17.0 Å². The largest absolute Gasteiger partial charge is 0.341 e. The smallest absolute Gasteiger partial charge is 0.247 e. The average molecular weight is 424 g/mol. The van der Waals surface area contributed by atoms with Gasteiger partial charge in [-0.05, 0) is 43.9 Å². The quantitative estimate of drug-likeness (QED) is 0.725. The fourth-order valence-electron chi connectivity index (χ4n) is 4.03. The van der Waals surface area contributed by atoms with E-state index >= 15 is 0 Å². The molecule has 2 aliphatic heterocycles. The summed E-state index contributed by atoms with van der Waals surface area (Å²) in [5.41, 5.74) is 0.451. The van der Waals surface area contributed by atoms with Gasteiger partial charge in [-0.3, -0.25) is 9.59 Å². The van der Waals surface area contributed by atoms with Gasteiger partial charge in [-0.2, -0.15) is 0 Å². The number of likely N-dealkylation sites (tertiary alicyclic amines) is 1. The zero-order valence-electron chi connectivity index (χ0n) is 15.6. The Labute approximate surface area is 169 Å². The third kappa shape index (κ3) is 4.06. The van der Waals surface area contributed by atoms with Crippen LogP contribution in [-0.4, -0.2) is 49.5 Å². The molecule has 2 fully saturated rings. The standard InChI is InChI=1S/C19H25N3O4S2/c23-18-17(19(24)22-10-4-5-11-22)27-16-9-8-14(12-15(16)20-18)28(25,26)21-13-6-2-1-3-7-13/h8-9,12-13,17,21H,1-7,10-11H2,(H,20,23). The Kier molecular flexibility index (Phi) is 5.66. The molecule has 2 heterocycles. The summed E-state index contributed by atoms with van der Waals surface area (Å²) in [6.07, 6.45) is 6.88. The van der Waals surface area contributed by atoms with Gasteiger partial charge in [-0.25, -0.2) is 13.1 Å². The minimum Gasteiger partial charge on any atom is -0.341 e. The molecule has 152 valence electrons. The minimum atomic E-state index is -3.64. The number of benzene rings is 1. The molecule has 3 aliphatic rings. The maximum absolute atomic E-state index is 12.7. The molecule has 7 nitrogen and oxygen atoms in total. The first kappa shape index (κ1) is 19.7. The molecule has 28 heavy (non-hydrogen) atoms. The van der Waals surface area contributed by atoms with Crippen LogP contribution in [0, 0.1) is 0 Å². The summed E-state index contributed by atoms with van der Waals surface area (Å²) in [5.74, 6) is -0.550. The Hall–Kier alpha value is -1.58. The maximum atomic E-state index is 12.7. The lowest BCUT2D eigenvalue weighted by molar-refractivity contribution is -0.133. The van der Waals surface area contributed by atoms with Crippen LogP contribution in [0.15, 0.2) is 28.0 Å². The first-order valence-electron chi connectivity index (χ1n) is 9.87. The number of anilines is 1. The molecule has 1 aliphatic carbocycles. The zero-order chi connectivity index (χ0) is 19.7. The molecule has 1 saturated heterocycles. The second-order valence-electron chi connectivity index (χ2n) is 7.63. The normalized spacial score (nSPS) is 23.4. The summed E-state index contributed by atoms with van der Waals surface area (Å²) in [5, 5.41) is 1.92. The lowest BCUT2D eigenvalue weighted by atomic mass is 9.96. The van der Waals surface area contributed by atoms with Gasteiger partial charge in [0.05, 0.1) is 10.6 Å². The lowest BCUT2D eigenvalue weighted by Crippen LogP contribution is -2.43. The minimum absolute atomic E-state index is 0.0267. The van der Waals surface area contributed by atoms with Crippen LogP contribution in [0.2, 0.25) is 0 Å². The van der Waals surface area contributed by atoms with Gasteiger partial charge in [0.2, 0.25) is 21.8 Å². The number of nitrogens with zero attached hydrogens (tertiary/aromatic N) is 1. The van der Waals surface area contributed by atoms with E-state index in [-0.39, 0.29) is 22.8 Å². The van der Waals surface area contributed by atoms with E-state index in [1.165, 1.54) is 17.8 Å². The van der Waals surface area contributed by atoms with Crippen LogP contribution in [0.3, 0.4) is 0 Å². The van der Waals surface area contributed by atoms with Crippen molar-refractivity contribution in [2.75, 3.05) is 18.4 Å². The summed E-state index contributed by atoms with van der Waals surface area (Å²) >= 11 is 1.20. The zero-order valence-corrected chi connectivity index (χ0v) is 17.3. The molecule has 2 amide bonds. The maximum Gasteiger partial charge on any atom is 0.247 e. The van der Waals surface area contributed by atoms with Gasteiger partial charge in [0.25, 0.3) is 0 Å². The van der Waals surface area contributed by atoms with Crippen molar-refractivity contribution in [3.05, 3.63) is 18.2 Å². The number of nitrogens with one attached hydrogen (secondary N) is 2. The third-order valence-corrected chi connectivity index (χ3v) is 8.35. The summed E-state index contributed by atoms with van der Waals surface area (Å²) in [7, 11) is -3.64. The van der Waals surface area contributed by atoms with Crippen molar-refractivity contribution in [1.82, 2.24) is 9.62 Å². The number of fused-ring (bicyclic) bond motifs is 1. The van der Waals surface area contributed by atoms with Gasteiger partial charge in [-0.15, -0.1) is 11.8 Å². The topological polar surface area (TPSA) is 95.6 Å². The number of thioether (sulfide) groups is 1. The summed E-state index contributed by atoms with van der Waals surface area (Å²) in [6.45, 7) is 1.39. The predicted octanol–water partition coefficient (Wildman–Crippen LogP) is 2.33. The number of rotatable bonds is 4. The van der Waals surface area contributed by atoms with Crippen molar-refractivity contribution in [2.24, 2.45) is 0 Å². The molecule has 0 bridgehead atoms. The highest BCUT2D eigenvalue weighted by Crippen LogP contribution is 2.38. The van der Waals surface area contributed by atoms with Crippen molar-refractivity contribution in [1.29, 1.82) is 0 Å². The number of carbonyl (C=O) groups is 2. The van der Waals surface area contributed by atoms with Crippen molar-refractivity contribution < 1.29 is 18.0 Å². The highest BCUT2D eigenvalue weighted by Gasteiger charge is 2.37. The second kappa shape index (κ2) is 8.04. The monoisotopic (exact) mass is 423 g/mol. The number of hydrogen-bond acceptors (Lipinski definition) is 5. The van der Waals surface area contributed by atoms with E-state index in [9.17, 15) is 18.0 Å². The first-order chi connectivity index (χ1) is 13.4. The molecular weight excluding hydrogens is 398 g/mol. The molecule has 1 saturated carbocycles. The molecule has 1 aromatic carbocycles. The Morgan fingerprint density at radius 2 is 1.82 bits per heavy atom. The highest BCUT2D eigenvalue weighted by atomic mass is 32.2. The average Bonchev–Trinajstić information content (AvgIpc) is 3.22. The van der Waals surface area contributed by atoms with E-state index in [4.69, 9.17) is 0 Å². The Balaban J connectivity index is 1.50. The Bertz CT molecular complexity index is 875. The van der Waals surface area contributed by atoms with Crippen molar-refractivity contribution in [3.8, 4) is 0 Å². The second-order valence-corrected chi connectivity index (χ2v) is 10.5. The van der Waals surface area contributed by atoms with Crippen LogP contribution in [0.25, 0.3) is 0 Å². The molecule has 0 spiro atoms. The van der Waals surface area contributed by atoms with Crippen molar-refractivity contribution in [2.45, 2.75) is 66.0 Å². The van der Waals surface area contributed by atoms with Gasteiger partial charge in [0, 0.05) is 24.0 Å². The molecule has 9 heteroatoms. The Morgan fingerprint density at radius 1 is 1.11 bits per heavy atom. The van der Waals surface area contributed by atoms with E-state index in [0.717, 1.165) is 44.9 Å². The van der Waals surface area contributed by atoms with E-state index in [2.05, 4.69) is 10.0 Å². The summed E-state index contributed by atoms with van der Waals surface area (Å²) in [6, 6.07) is 4.69. The summed E-state index contributed by atoms with van der Waals surface area (Å²) in [4.78, 5) is 27.7. The molecule has 2 N–H and O–H groups in total. The fourth-order valence-corrected chi connectivity index (χ4v) is 6.41. The first-order valence-corrected chi connectivity index (χ1v) is 12.2. The van der Waals surface area contributed by atoms with Gasteiger partial charge in [0.1, 0.15) is 0 Å². The fraction of sp³-hybridized carbons (Fsp3) is 0.579. The van der Waals surface area contributed by atoms with E-state index in [1.807, 2.05) is 0 Å². The van der Waals surface area contributed by atoms with Crippen molar-refractivity contribution in [3.63, 3.8) is 0 Å². The predicted molar refractivity (Wildman–Crippen MR) is 108 cm³/mol.